The molecule has 1 rings (SSSR count). The molecule has 0 aromatic carbocycles. The maximum absolute atomic E-state index is 9.90. The van der Waals surface area contributed by atoms with Crippen LogP contribution in [0.5, 0.6) is 0 Å². The average Bonchev–Trinajstić information content (AvgIpc) is 2.46. The predicted octanol–water partition coefficient (Wildman–Crippen LogP) is 0.162. The highest BCUT2D eigenvalue weighted by Crippen LogP contribution is 2.24. The van der Waals surface area contributed by atoms with Crippen molar-refractivity contribution in [3.05, 3.63) is 0 Å². The minimum absolute atomic E-state index is 0.0667. The SMILES string of the molecule is CCCCC[C@@H](CC)O[C@@H]1O[C@H](CO)[C@@H](O)[C@H](O)[C@H]1O. The summed E-state index contributed by atoms with van der Waals surface area (Å²) in [6.45, 7) is 3.68. The fourth-order valence-electron chi connectivity index (χ4n) is 2.36. The molecule has 0 aromatic heterocycles. The van der Waals surface area contributed by atoms with E-state index >= 15 is 0 Å². The summed E-state index contributed by atoms with van der Waals surface area (Å²) < 4.78 is 11.0. The lowest BCUT2D eigenvalue weighted by Gasteiger charge is -2.40. The molecule has 1 saturated heterocycles. The van der Waals surface area contributed by atoms with E-state index in [4.69, 9.17) is 14.6 Å². The normalized spacial score (nSPS) is 36.0. The van der Waals surface area contributed by atoms with Crippen LogP contribution in [0.2, 0.25) is 0 Å². The Morgan fingerprint density at radius 1 is 1.05 bits per heavy atom. The molecular weight excluding hydrogens is 264 g/mol. The van der Waals surface area contributed by atoms with Crippen LogP contribution in [0.15, 0.2) is 0 Å². The average molecular weight is 292 g/mol. The number of aliphatic hydroxyl groups is 4. The number of hydrogen-bond donors (Lipinski definition) is 4. The monoisotopic (exact) mass is 292 g/mol. The zero-order valence-electron chi connectivity index (χ0n) is 12.3. The summed E-state index contributed by atoms with van der Waals surface area (Å²) >= 11 is 0. The van der Waals surface area contributed by atoms with E-state index in [-0.39, 0.29) is 6.10 Å². The summed E-state index contributed by atoms with van der Waals surface area (Å²) in [5, 5.41) is 38.4. The molecule has 6 nitrogen and oxygen atoms in total. The molecule has 0 aromatic rings. The number of unbranched alkanes of at least 4 members (excludes halogenated alkanes) is 2. The third-order valence-electron chi connectivity index (χ3n) is 3.76. The van der Waals surface area contributed by atoms with Crippen molar-refractivity contribution in [1.82, 2.24) is 0 Å². The Morgan fingerprint density at radius 3 is 2.30 bits per heavy atom. The van der Waals surface area contributed by atoms with E-state index < -0.39 is 37.3 Å². The fraction of sp³-hybridized carbons (Fsp3) is 1.00. The van der Waals surface area contributed by atoms with E-state index in [9.17, 15) is 15.3 Å². The van der Waals surface area contributed by atoms with Gasteiger partial charge in [-0.3, -0.25) is 0 Å². The van der Waals surface area contributed by atoms with Gasteiger partial charge in [0.2, 0.25) is 0 Å². The molecule has 120 valence electrons. The van der Waals surface area contributed by atoms with Crippen LogP contribution in [0, 0.1) is 0 Å². The zero-order chi connectivity index (χ0) is 15.1. The summed E-state index contributed by atoms with van der Waals surface area (Å²) in [4.78, 5) is 0. The van der Waals surface area contributed by atoms with Crippen molar-refractivity contribution < 1.29 is 29.9 Å². The molecule has 1 fully saturated rings. The maximum atomic E-state index is 9.90. The molecule has 4 N–H and O–H groups in total. The summed E-state index contributed by atoms with van der Waals surface area (Å²) in [5.74, 6) is 0. The van der Waals surface area contributed by atoms with E-state index in [0.717, 1.165) is 32.1 Å². The Hall–Kier alpha value is -0.240. The first kappa shape index (κ1) is 17.8. The zero-order valence-corrected chi connectivity index (χ0v) is 12.3. The first-order chi connectivity index (χ1) is 9.54. The molecule has 6 atom stereocenters. The minimum atomic E-state index is -1.38. The van der Waals surface area contributed by atoms with Crippen LogP contribution in [0.25, 0.3) is 0 Å². The molecule has 1 aliphatic heterocycles. The molecule has 20 heavy (non-hydrogen) atoms. The van der Waals surface area contributed by atoms with Crippen molar-refractivity contribution in [2.24, 2.45) is 0 Å². The van der Waals surface area contributed by atoms with E-state index in [1.807, 2.05) is 6.92 Å². The van der Waals surface area contributed by atoms with Gasteiger partial charge in [-0.15, -0.1) is 0 Å². The highest BCUT2D eigenvalue weighted by Gasteiger charge is 2.44. The molecule has 0 unspecified atom stereocenters. The number of hydrogen-bond acceptors (Lipinski definition) is 6. The van der Waals surface area contributed by atoms with E-state index in [1.165, 1.54) is 0 Å². The van der Waals surface area contributed by atoms with Crippen LogP contribution in [0.1, 0.15) is 46.0 Å². The third-order valence-corrected chi connectivity index (χ3v) is 3.76. The molecule has 1 aliphatic rings. The van der Waals surface area contributed by atoms with Gasteiger partial charge in [-0.1, -0.05) is 33.1 Å². The second kappa shape index (κ2) is 8.92. The van der Waals surface area contributed by atoms with Crippen LogP contribution >= 0.6 is 0 Å². The van der Waals surface area contributed by atoms with Crippen molar-refractivity contribution in [3.63, 3.8) is 0 Å². The molecule has 0 bridgehead atoms. The van der Waals surface area contributed by atoms with Gasteiger partial charge in [0.15, 0.2) is 6.29 Å². The van der Waals surface area contributed by atoms with Gasteiger partial charge in [0.1, 0.15) is 24.4 Å². The van der Waals surface area contributed by atoms with Gasteiger partial charge in [-0.25, -0.2) is 0 Å². The maximum Gasteiger partial charge on any atom is 0.186 e. The Labute approximate surface area is 120 Å². The van der Waals surface area contributed by atoms with Crippen LogP contribution in [-0.2, 0) is 9.47 Å². The summed E-state index contributed by atoms with van der Waals surface area (Å²) in [6.07, 6.45) is -1.11. The van der Waals surface area contributed by atoms with Gasteiger partial charge in [0.25, 0.3) is 0 Å². The second-order valence-corrected chi connectivity index (χ2v) is 5.36. The number of aliphatic hydroxyl groups excluding tert-OH is 4. The Balaban J connectivity index is 2.54. The number of rotatable bonds is 8. The summed E-state index contributed by atoms with van der Waals surface area (Å²) in [6, 6.07) is 0. The number of ether oxygens (including phenoxy) is 2. The smallest absolute Gasteiger partial charge is 0.186 e. The lowest BCUT2D eigenvalue weighted by molar-refractivity contribution is -0.311. The molecule has 0 saturated carbocycles. The quantitative estimate of drug-likeness (QED) is 0.476. The van der Waals surface area contributed by atoms with Gasteiger partial charge in [0, 0.05) is 0 Å². The first-order valence-corrected chi connectivity index (χ1v) is 7.51. The van der Waals surface area contributed by atoms with Crippen molar-refractivity contribution in [2.75, 3.05) is 6.61 Å². The molecule has 0 spiro atoms. The van der Waals surface area contributed by atoms with E-state index in [2.05, 4.69) is 6.92 Å². The Morgan fingerprint density at radius 2 is 1.75 bits per heavy atom. The molecule has 6 heteroatoms. The standard InChI is InChI=1S/C14H28O6/c1-3-5-6-7-9(4-2)19-14-13(18)12(17)11(16)10(8-15)20-14/h9-18H,3-8H2,1-2H3/t9-,10-,11-,12+,13-,14-/m1/s1. The minimum Gasteiger partial charge on any atom is -0.394 e. The van der Waals surface area contributed by atoms with E-state index in [1.54, 1.807) is 0 Å². The van der Waals surface area contributed by atoms with E-state index in [0.29, 0.717) is 0 Å². The molecular formula is C14H28O6. The summed E-state index contributed by atoms with van der Waals surface area (Å²) in [7, 11) is 0. The van der Waals surface area contributed by atoms with Gasteiger partial charge < -0.3 is 29.9 Å². The largest absolute Gasteiger partial charge is 0.394 e. The van der Waals surface area contributed by atoms with Gasteiger partial charge in [-0.2, -0.15) is 0 Å². The Bertz CT molecular complexity index is 260. The van der Waals surface area contributed by atoms with Crippen LogP contribution < -0.4 is 0 Å². The highest BCUT2D eigenvalue weighted by atomic mass is 16.7. The van der Waals surface area contributed by atoms with Crippen molar-refractivity contribution in [2.45, 2.75) is 82.8 Å². The molecule has 1 heterocycles. The lowest BCUT2D eigenvalue weighted by atomic mass is 9.99. The molecule has 0 radical (unpaired) electrons. The third kappa shape index (κ3) is 4.65. The van der Waals surface area contributed by atoms with Gasteiger partial charge in [-0.05, 0) is 12.8 Å². The van der Waals surface area contributed by atoms with Gasteiger partial charge >= 0.3 is 0 Å². The second-order valence-electron chi connectivity index (χ2n) is 5.36. The van der Waals surface area contributed by atoms with Crippen molar-refractivity contribution in [1.29, 1.82) is 0 Å². The highest BCUT2D eigenvalue weighted by molar-refractivity contribution is 4.89. The fourth-order valence-corrected chi connectivity index (χ4v) is 2.36. The Kier molecular flexibility index (Phi) is 7.94. The summed E-state index contributed by atoms with van der Waals surface area (Å²) in [5.41, 5.74) is 0. The lowest BCUT2D eigenvalue weighted by Crippen LogP contribution is -2.59. The van der Waals surface area contributed by atoms with Crippen LogP contribution in [0.3, 0.4) is 0 Å². The predicted molar refractivity (Wildman–Crippen MR) is 73.1 cm³/mol. The van der Waals surface area contributed by atoms with Crippen LogP contribution in [0.4, 0.5) is 0 Å². The van der Waals surface area contributed by atoms with Crippen LogP contribution in [-0.4, -0.2) is 63.8 Å². The first-order valence-electron chi connectivity index (χ1n) is 7.51. The topological polar surface area (TPSA) is 99.4 Å². The molecule has 0 aliphatic carbocycles. The van der Waals surface area contributed by atoms with Crippen molar-refractivity contribution in [3.8, 4) is 0 Å². The van der Waals surface area contributed by atoms with Gasteiger partial charge in [0.05, 0.1) is 12.7 Å². The molecule has 0 amide bonds. The van der Waals surface area contributed by atoms with Crippen molar-refractivity contribution >= 4 is 0 Å².